The molecule has 0 aliphatic rings. The van der Waals surface area contributed by atoms with Crippen LogP contribution < -0.4 is 0 Å². The van der Waals surface area contributed by atoms with Gasteiger partial charge >= 0.3 is 0 Å². The molecule has 4 nitrogen and oxygen atoms in total. The van der Waals surface area contributed by atoms with Gasteiger partial charge in [-0.1, -0.05) is 30.3 Å². The third kappa shape index (κ3) is 3.83. The van der Waals surface area contributed by atoms with Gasteiger partial charge in [-0.2, -0.15) is 0 Å². The Bertz CT molecular complexity index is 810. The highest BCUT2D eigenvalue weighted by Gasteiger charge is 2.12. The molecule has 1 unspecified atom stereocenters. The summed E-state index contributed by atoms with van der Waals surface area (Å²) in [7, 11) is 2.04. The summed E-state index contributed by atoms with van der Waals surface area (Å²) < 4.78 is 2.04. The van der Waals surface area contributed by atoms with Crippen molar-refractivity contribution < 1.29 is 5.11 Å². The SMILES string of the molecule is Cc1cc2ncn(CC(O)CN(C)Cc3ccccc3)c2cc1C. The molecule has 4 heteroatoms. The normalized spacial score (nSPS) is 12.9. The van der Waals surface area contributed by atoms with Crippen molar-refractivity contribution in [1.29, 1.82) is 0 Å². The first-order valence-corrected chi connectivity index (χ1v) is 8.35. The van der Waals surface area contributed by atoms with Crippen molar-refractivity contribution in [2.75, 3.05) is 13.6 Å². The zero-order valence-corrected chi connectivity index (χ0v) is 14.6. The molecular formula is C20H25N3O. The van der Waals surface area contributed by atoms with Crippen LogP contribution in [0.15, 0.2) is 48.8 Å². The van der Waals surface area contributed by atoms with Gasteiger partial charge in [-0.3, -0.25) is 4.90 Å². The third-order valence-corrected chi connectivity index (χ3v) is 4.46. The Balaban J connectivity index is 1.64. The first-order valence-electron chi connectivity index (χ1n) is 8.35. The lowest BCUT2D eigenvalue weighted by atomic mass is 10.1. The largest absolute Gasteiger partial charge is 0.390 e. The summed E-state index contributed by atoms with van der Waals surface area (Å²) in [5, 5.41) is 10.5. The van der Waals surface area contributed by atoms with Crippen molar-refractivity contribution in [2.45, 2.75) is 33.0 Å². The standard InChI is InChI=1S/C20H25N3O/c1-15-9-19-20(10-16(15)2)23(14-21-19)13-18(24)12-22(3)11-17-7-5-4-6-8-17/h4-10,14,18,24H,11-13H2,1-3H3. The average Bonchev–Trinajstić information content (AvgIpc) is 2.90. The van der Waals surface area contributed by atoms with E-state index in [1.165, 1.54) is 16.7 Å². The highest BCUT2D eigenvalue weighted by molar-refractivity contribution is 5.77. The first kappa shape index (κ1) is 16.7. The second-order valence-corrected chi connectivity index (χ2v) is 6.66. The minimum Gasteiger partial charge on any atom is -0.390 e. The maximum Gasteiger partial charge on any atom is 0.0959 e. The average molecular weight is 323 g/mol. The van der Waals surface area contributed by atoms with E-state index in [9.17, 15) is 5.11 Å². The molecule has 1 N–H and O–H groups in total. The molecule has 0 aliphatic heterocycles. The summed E-state index contributed by atoms with van der Waals surface area (Å²) in [6.07, 6.45) is 1.39. The highest BCUT2D eigenvalue weighted by Crippen LogP contribution is 2.18. The smallest absolute Gasteiger partial charge is 0.0959 e. The topological polar surface area (TPSA) is 41.3 Å². The summed E-state index contributed by atoms with van der Waals surface area (Å²) in [6, 6.07) is 14.6. The van der Waals surface area contributed by atoms with Crippen LogP contribution in [-0.4, -0.2) is 39.3 Å². The number of likely N-dealkylation sites (N-methyl/N-ethyl adjacent to an activating group) is 1. The van der Waals surface area contributed by atoms with E-state index in [0.29, 0.717) is 13.1 Å². The van der Waals surface area contributed by atoms with Crippen molar-refractivity contribution >= 4 is 11.0 Å². The van der Waals surface area contributed by atoms with E-state index in [1.807, 2.05) is 36.1 Å². The molecule has 0 fully saturated rings. The Morgan fingerprint density at radius 1 is 1.12 bits per heavy atom. The number of imidazole rings is 1. The molecule has 2 aromatic carbocycles. The van der Waals surface area contributed by atoms with Gasteiger partial charge in [-0.25, -0.2) is 4.98 Å². The molecule has 0 amide bonds. The van der Waals surface area contributed by atoms with Crippen LogP contribution in [0.4, 0.5) is 0 Å². The van der Waals surface area contributed by atoms with Crippen LogP contribution in [0.25, 0.3) is 11.0 Å². The second kappa shape index (κ2) is 7.16. The molecule has 3 rings (SSSR count). The zero-order valence-electron chi connectivity index (χ0n) is 14.6. The van der Waals surface area contributed by atoms with Gasteiger partial charge in [0.25, 0.3) is 0 Å². The summed E-state index contributed by atoms with van der Waals surface area (Å²) >= 11 is 0. The molecule has 0 saturated heterocycles. The van der Waals surface area contributed by atoms with Gasteiger partial charge in [0.1, 0.15) is 0 Å². The minimum absolute atomic E-state index is 0.433. The van der Waals surface area contributed by atoms with Gasteiger partial charge in [0.05, 0.1) is 30.0 Å². The second-order valence-electron chi connectivity index (χ2n) is 6.66. The van der Waals surface area contributed by atoms with Crippen molar-refractivity contribution in [2.24, 2.45) is 0 Å². The van der Waals surface area contributed by atoms with E-state index in [-0.39, 0.29) is 0 Å². The van der Waals surface area contributed by atoms with Crippen molar-refractivity contribution in [3.8, 4) is 0 Å². The molecule has 0 radical (unpaired) electrons. The molecule has 1 heterocycles. The number of aliphatic hydroxyl groups excluding tert-OH is 1. The summed E-state index contributed by atoms with van der Waals surface area (Å²) in [6.45, 7) is 6.22. The molecular weight excluding hydrogens is 298 g/mol. The Labute approximate surface area is 143 Å². The molecule has 24 heavy (non-hydrogen) atoms. The molecule has 1 aromatic heterocycles. The van der Waals surface area contributed by atoms with Crippen LogP contribution in [-0.2, 0) is 13.1 Å². The Hall–Kier alpha value is -2.17. The fourth-order valence-corrected chi connectivity index (χ4v) is 3.06. The molecule has 3 aromatic rings. The van der Waals surface area contributed by atoms with Crippen molar-refractivity contribution in [1.82, 2.24) is 14.5 Å². The number of aryl methyl sites for hydroxylation is 2. The quantitative estimate of drug-likeness (QED) is 0.758. The van der Waals surface area contributed by atoms with E-state index in [2.05, 4.69) is 48.0 Å². The van der Waals surface area contributed by atoms with Crippen LogP contribution in [0, 0.1) is 13.8 Å². The maximum absolute atomic E-state index is 10.5. The number of hydrogen-bond acceptors (Lipinski definition) is 3. The van der Waals surface area contributed by atoms with E-state index in [0.717, 1.165) is 17.6 Å². The minimum atomic E-state index is -0.433. The molecule has 1 atom stereocenters. The van der Waals surface area contributed by atoms with Gasteiger partial charge in [0, 0.05) is 13.1 Å². The van der Waals surface area contributed by atoms with Crippen LogP contribution in [0.5, 0.6) is 0 Å². The van der Waals surface area contributed by atoms with E-state index in [1.54, 1.807) is 0 Å². The Morgan fingerprint density at radius 2 is 1.83 bits per heavy atom. The van der Waals surface area contributed by atoms with Gasteiger partial charge in [-0.05, 0) is 49.7 Å². The van der Waals surface area contributed by atoms with Gasteiger partial charge < -0.3 is 9.67 Å². The number of benzene rings is 2. The monoisotopic (exact) mass is 323 g/mol. The molecule has 0 aliphatic carbocycles. The lowest BCUT2D eigenvalue weighted by Crippen LogP contribution is -2.31. The van der Waals surface area contributed by atoms with Gasteiger partial charge in [0.2, 0.25) is 0 Å². The van der Waals surface area contributed by atoms with Crippen molar-refractivity contribution in [3.63, 3.8) is 0 Å². The summed E-state index contributed by atoms with van der Waals surface area (Å²) in [4.78, 5) is 6.61. The van der Waals surface area contributed by atoms with Crippen LogP contribution in [0.3, 0.4) is 0 Å². The summed E-state index contributed by atoms with van der Waals surface area (Å²) in [5.41, 5.74) is 5.83. The molecule has 0 spiro atoms. The molecule has 0 saturated carbocycles. The molecule has 0 bridgehead atoms. The molecule has 126 valence electrons. The fraction of sp³-hybridized carbons (Fsp3) is 0.350. The predicted octanol–water partition coefficient (Wildman–Crippen LogP) is 3.15. The van der Waals surface area contributed by atoms with E-state index in [4.69, 9.17) is 0 Å². The van der Waals surface area contributed by atoms with Crippen molar-refractivity contribution in [3.05, 3.63) is 65.5 Å². The fourth-order valence-electron chi connectivity index (χ4n) is 3.06. The lowest BCUT2D eigenvalue weighted by Gasteiger charge is -2.21. The predicted molar refractivity (Wildman–Crippen MR) is 98.0 cm³/mol. The van der Waals surface area contributed by atoms with Crippen LogP contribution in [0.1, 0.15) is 16.7 Å². The van der Waals surface area contributed by atoms with Gasteiger partial charge in [-0.15, -0.1) is 0 Å². The number of hydrogen-bond donors (Lipinski definition) is 1. The Morgan fingerprint density at radius 3 is 2.58 bits per heavy atom. The maximum atomic E-state index is 10.5. The number of fused-ring (bicyclic) bond motifs is 1. The van der Waals surface area contributed by atoms with Gasteiger partial charge in [0.15, 0.2) is 0 Å². The Kier molecular flexibility index (Phi) is 4.97. The third-order valence-electron chi connectivity index (χ3n) is 4.46. The van der Waals surface area contributed by atoms with Crippen LogP contribution >= 0.6 is 0 Å². The first-order chi connectivity index (χ1) is 11.5. The lowest BCUT2D eigenvalue weighted by molar-refractivity contribution is 0.108. The highest BCUT2D eigenvalue weighted by atomic mass is 16.3. The number of aromatic nitrogens is 2. The number of aliphatic hydroxyl groups is 1. The van der Waals surface area contributed by atoms with E-state index >= 15 is 0 Å². The van der Waals surface area contributed by atoms with Crippen LogP contribution in [0.2, 0.25) is 0 Å². The summed E-state index contributed by atoms with van der Waals surface area (Å²) in [5.74, 6) is 0. The number of rotatable bonds is 6. The number of nitrogens with zero attached hydrogens (tertiary/aromatic N) is 3. The zero-order chi connectivity index (χ0) is 17.1. The van der Waals surface area contributed by atoms with E-state index < -0.39 is 6.10 Å².